The third kappa shape index (κ3) is 8.14. The molecule has 0 aliphatic carbocycles. The minimum Gasteiger partial charge on any atom is -0.494 e. The second-order valence-electron chi connectivity index (χ2n) is 16.4. The molecule has 61 heavy (non-hydrogen) atoms. The molecule has 1 aromatic heterocycles. The number of fused-ring (bicyclic) bond motifs is 4. The van der Waals surface area contributed by atoms with Crippen molar-refractivity contribution in [3.63, 3.8) is 0 Å². The molecule has 5 aliphatic rings. The van der Waals surface area contributed by atoms with Gasteiger partial charge >= 0.3 is 0 Å². The number of piperazine rings is 1. The van der Waals surface area contributed by atoms with Crippen LogP contribution in [0.25, 0.3) is 10.9 Å². The smallest absolute Gasteiger partial charge is 0.262 e. The van der Waals surface area contributed by atoms with Crippen molar-refractivity contribution in [3.8, 4) is 5.75 Å². The number of halogens is 2. The summed E-state index contributed by atoms with van der Waals surface area (Å²) in [6.45, 7) is 5.41. The van der Waals surface area contributed by atoms with E-state index >= 15 is 0 Å². The Kier molecular flexibility index (Phi) is 11.2. The number of aromatic nitrogens is 2. The van der Waals surface area contributed by atoms with E-state index in [0.29, 0.717) is 69.5 Å². The molecule has 5 aliphatic heterocycles. The molecule has 2 bridgehead atoms. The molecule has 15 nitrogen and oxygen atoms in total. The molecule has 4 aromatic rings. The Morgan fingerprint density at radius 3 is 2.44 bits per heavy atom. The Bertz CT molecular complexity index is 2460. The number of hydrogen-bond donors (Lipinski definition) is 3. The molecule has 0 spiro atoms. The van der Waals surface area contributed by atoms with Crippen LogP contribution in [-0.2, 0) is 14.4 Å². The first-order valence-corrected chi connectivity index (χ1v) is 21.0. The molecule has 316 valence electrons. The minimum atomic E-state index is -0.982. The first-order chi connectivity index (χ1) is 29.5. The molecule has 4 fully saturated rings. The maximum absolute atomic E-state index is 13.7. The number of piperidine rings is 2. The summed E-state index contributed by atoms with van der Waals surface area (Å²) in [4.78, 5) is 81.1. The van der Waals surface area contributed by atoms with Gasteiger partial charge in [0.1, 0.15) is 29.8 Å². The molecular weight excluding hydrogens is 805 g/mol. The molecule has 0 saturated carbocycles. The van der Waals surface area contributed by atoms with Crippen LogP contribution in [-0.4, -0.2) is 119 Å². The highest BCUT2D eigenvalue weighted by Gasteiger charge is 2.46. The van der Waals surface area contributed by atoms with Crippen molar-refractivity contribution >= 4 is 74.9 Å². The fourth-order valence-corrected chi connectivity index (χ4v) is 9.72. The van der Waals surface area contributed by atoms with Crippen LogP contribution in [0.2, 0.25) is 5.02 Å². The lowest BCUT2D eigenvalue weighted by atomic mass is 9.95. The average molecular weight is 850 g/mol. The van der Waals surface area contributed by atoms with Gasteiger partial charge in [0.05, 0.1) is 34.5 Å². The van der Waals surface area contributed by atoms with Crippen LogP contribution in [0.4, 0.5) is 27.3 Å². The van der Waals surface area contributed by atoms with Crippen LogP contribution in [0.5, 0.6) is 5.75 Å². The summed E-state index contributed by atoms with van der Waals surface area (Å²) in [5, 5.41) is 8.93. The average Bonchev–Trinajstić information content (AvgIpc) is 3.66. The largest absolute Gasteiger partial charge is 0.494 e. The summed E-state index contributed by atoms with van der Waals surface area (Å²) in [6.07, 6.45) is 9.28. The number of carbonyl (C=O) groups is 5. The van der Waals surface area contributed by atoms with Crippen molar-refractivity contribution in [2.75, 3.05) is 61.9 Å². The highest BCUT2D eigenvalue weighted by molar-refractivity contribution is 6.31. The number of nitrogens with one attached hydrogen (secondary N) is 3. The molecule has 3 atom stereocenters. The first-order valence-electron chi connectivity index (χ1n) is 20.6. The fourth-order valence-electron chi connectivity index (χ4n) is 9.54. The molecule has 3 unspecified atom stereocenters. The predicted octanol–water partition coefficient (Wildman–Crippen LogP) is 5.14. The monoisotopic (exact) mass is 849 g/mol. The van der Waals surface area contributed by atoms with E-state index in [1.165, 1.54) is 31.6 Å². The molecule has 6 heterocycles. The number of ether oxygens (including phenoxy) is 1. The van der Waals surface area contributed by atoms with Crippen molar-refractivity contribution in [2.24, 2.45) is 5.92 Å². The van der Waals surface area contributed by atoms with E-state index in [1.807, 2.05) is 18.2 Å². The Morgan fingerprint density at radius 2 is 1.70 bits per heavy atom. The van der Waals surface area contributed by atoms with E-state index in [1.54, 1.807) is 24.3 Å². The summed E-state index contributed by atoms with van der Waals surface area (Å²) in [7, 11) is 1.52. The van der Waals surface area contributed by atoms with Crippen LogP contribution in [0, 0.1) is 11.7 Å². The quantitative estimate of drug-likeness (QED) is 0.135. The van der Waals surface area contributed by atoms with Gasteiger partial charge in [0.15, 0.2) is 0 Å². The standard InChI is InChI=1S/C44H45ClFN9O6/c1-61-38-20-35-32(41(48-24-47-35)49-26-4-9-34(46)33(45)17-26)19-36(38)50-39(56)3-2-14-52-15-12-25(13-16-52)21-53-22-28-5-6-29(23-53)54(28)27-7-8-30-31(18-27)44(60)55(43(30)59)37-10-11-40(57)51-42(37)58/h2-4,7-9,17-20,24-25,28-29,37H,5-6,10-16,21-23H2,1H3,(H,50,56)(H,47,48,49)(H,51,57,58)/b3-2+. The van der Waals surface area contributed by atoms with Crippen LogP contribution < -0.4 is 25.6 Å². The van der Waals surface area contributed by atoms with E-state index in [-0.39, 0.29) is 23.8 Å². The SMILES string of the molecule is COc1cc2ncnc(Nc3ccc(F)c(Cl)c3)c2cc1NC(=O)/C=C/CN1CCC(CN2CC3CCC(C2)N3c2ccc3c(c2)C(=O)N(C2CCC(=O)NC2=O)C3=O)CC1. The van der Waals surface area contributed by atoms with Gasteiger partial charge in [-0.25, -0.2) is 14.4 Å². The number of nitrogens with zero attached hydrogens (tertiary/aromatic N) is 6. The molecule has 3 aromatic carbocycles. The number of methoxy groups -OCH3 is 1. The van der Waals surface area contributed by atoms with Gasteiger partial charge in [0.2, 0.25) is 17.7 Å². The number of amides is 5. The molecule has 17 heteroatoms. The Hall–Kier alpha value is -5.97. The lowest BCUT2D eigenvalue weighted by molar-refractivity contribution is -0.136. The molecule has 5 amide bonds. The van der Waals surface area contributed by atoms with Crippen LogP contribution in [0.3, 0.4) is 0 Å². The van der Waals surface area contributed by atoms with E-state index in [0.717, 1.165) is 69.0 Å². The number of benzene rings is 3. The number of hydrogen-bond acceptors (Lipinski definition) is 12. The third-order valence-corrected chi connectivity index (χ3v) is 12.8. The van der Waals surface area contributed by atoms with Crippen molar-refractivity contribution < 1.29 is 33.1 Å². The summed E-state index contributed by atoms with van der Waals surface area (Å²) in [5.41, 5.74) is 3.12. The van der Waals surface area contributed by atoms with E-state index in [9.17, 15) is 28.4 Å². The van der Waals surface area contributed by atoms with E-state index < -0.39 is 35.5 Å². The zero-order valence-corrected chi connectivity index (χ0v) is 34.3. The normalized spacial score (nSPS) is 22.3. The molecule has 3 N–H and O–H groups in total. The Balaban J connectivity index is 0.757. The lowest BCUT2D eigenvalue weighted by Crippen LogP contribution is -2.55. The molecule has 9 rings (SSSR count). The maximum atomic E-state index is 13.7. The minimum absolute atomic E-state index is 0.0210. The van der Waals surface area contributed by atoms with Crippen molar-refractivity contribution in [2.45, 2.75) is 56.7 Å². The number of imide groups is 2. The Morgan fingerprint density at radius 1 is 0.934 bits per heavy atom. The predicted molar refractivity (Wildman–Crippen MR) is 227 cm³/mol. The zero-order valence-electron chi connectivity index (χ0n) is 33.5. The van der Waals surface area contributed by atoms with Crippen molar-refractivity contribution in [1.29, 1.82) is 0 Å². The van der Waals surface area contributed by atoms with Crippen molar-refractivity contribution in [3.05, 3.63) is 89.0 Å². The zero-order chi connectivity index (χ0) is 42.4. The second kappa shape index (κ2) is 16.8. The van der Waals surface area contributed by atoms with Crippen molar-refractivity contribution in [1.82, 2.24) is 30.0 Å². The summed E-state index contributed by atoms with van der Waals surface area (Å²) >= 11 is 5.97. The highest BCUT2D eigenvalue weighted by Crippen LogP contribution is 2.39. The summed E-state index contributed by atoms with van der Waals surface area (Å²) in [5.74, 6) is -1.33. The fraction of sp³-hybridized carbons (Fsp3) is 0.386. The van der Waals surface area contributed by atoms with Gasteiger partial charge in [-0.3, -0.25) is 44.0 Å². The first kappa shape index (κ1) is 40.4. The van der Waals surface area contributed by atoms with Gasteiger partial charge in [-0.05, 0) is 93.6 Å². The van der Waals surface area contributed by atoms with Crippen LogP contribution >= 0.6 is 11.6 Å². The van der Waals surface area contributed by atoms with E-state index in [2.05, 4.69) is 40.6 Å². The van der Waals surface area contributed by atoms with Gasteiger partial charge < -0.3 is 20.3 Å². The van der Waals surface area contributed by atoms with Gasteiger partial charge in [-0.2, -0.15) is 0 Å². The highest BCUT2D eigenvalue weighted by atomic mass is 35.5. The number of rotatable bonds is 11. The second-order valence-corrected chi connectivity index (χ2v) is 16.8. The van der Waals surface area contributed by atoms with Gasteiger partial charge in [-0.1, -0.05) is 17.7 Å². The van der Waals surface area contributed by atoms with Gasteiger partial charge in [-0.15, -0.1) is 0 Å². The molecule has 0 radical (unpaired) electrons. The maximum Gasteiger partial charge on any atom is 0.262 e. The lowest BCUT2D eigenvalue weighted by Gasteiger charge is -2.44. The summed E-state index contributed by atoms with van der Waals surface area (Å²) in [6, 6.07) is 12.8. The van der Waals surface area contributed by atoms with Gasteiger partial charge in [0.25, 0.3) is 11.8 Å². The Labute approximate surface area is 356 Å². The molecular formula is C44H45ClFN9O6. The molecule has 4 saturated heterocycles. The van der Waals surface area contributed by atoms with Crippen LogP contribution in [0.15, 0.2) is 67.0 Å². The summed E-state index contributed by atoms with van der Waals surface area (Å²) < 4.78 is 19.3. The topological polar surface area (TPSA) is 169 Å². The number of anilines is 4. The third-order valence-electron chi connectivity index (χ3n) is 12.5. The van der Waals surface area contributed by atoms with E-state index in [4.69, 9.17) is 16.3 Å². The number of carbonyl (C=O) groups excluding carboxylic acids is 5. The van der Waals surface area contributed by atoms with Crippen LogP contribution in [0.1, 0.15) is 59.2 Å². The van der Waals surface area contributed by atoms with Gasteiger partial charge in [0, 0.05) is 73.6 Å². The number of likely N-dealkylation sites (tertiary alicyclic amines) is 2.